The van der Waals surface area contributed by atoms with Crippen LogP contribution in [0.5, 0.6) is 0 Å². The molecule has 4 rings (SSSR count). The molecule has 2 aliphatic carbocycles. The van der Waals surface area contributed by atoms with Crippen LogP contribution in [0.15, 0.2) is 24.3 Å². The molecule has 0 aromatic rings. The Balaban J connectivity index is 1.57. The van der Waals surface area contributed by atoms with Gasteiger partial charge in [0.25, 0.3) is 0 Å². The van der Waals surface area contributed by atoms with Crippen LogP contribution < -0.4 is 0 Å². The van der Waals surface area contributed by atoms with Crippen LogP contribution in [0.3, 0.4) is 0 Å². The molecular formula is C21H30O9. The molecule has 4 aliphatic rings. The van der Waals surface area contributed by atoms with E-state index in [4.69, 9.17) is 14.2 Å². The molecule has 0 aromatic carbocycles. The van der Waals surface area contributed by atoms with Crippen molar-refractivity contribution in [2.24, 2.45) is 17.8 Å². The Kier molecular flexibility index (Phi) is 5.59. The second-order valence-electron chi connectivity index (χ2n) is 9.16. The number of ether oxygens (including phenoxy) is 3. The van der Waals surface area contributed by atoms with E-state index in [2.05, 4.69) is 13.2 Å². The van der Waals surface area contributed by atoms with Gasteiger partial charge in [0.2, 0.25) is 0 Å². The van der Waals surface area contributed by atoms with Crippen molar-refractivity contribution in [3.63, 3.8) is 0 Å². The highest BCUT2D eigenvalue weighted by Crippen LogP contribution is 2.54. The summed E-state index contributed by atoms with van der Waals surface area (Å²) in [6, 6.07) is 0. The third-order valence-electron chi connectivity index (χ3n) is 7.35. The third-order valence-corrected chi connectivity index (χ3v) is 7.35. The van der Waals surface area contributed by atoms with Gasteiger partial charge >= 0.3 is 5.97 Å². The van der Waals surface area contributed by atoms with Gasteiger partial charge in [-0.1, -0.05) is 13.2 Å². The van der Waals surface area contributed by atoms with Crippen LogP contribution in [0.2, 0.25) is 0 Å². The molecule has 0 spiro atoms. The van der Waals surface area contributed by atoms with Crippen molar-refractivity contribution in [1.82, 2.24) is 0 Å². The Hall–Kier alpha value is -1.33. The Labute approximate surface area is 174 Å². The number of esters is 1. The predicted octanol–water partition coefficient (Wildman–Crippen LogP) is -0.994. The molecular weight excluding hydrogens is 396 g/mol. The van der Waals surface area contributed by atoms with Crippen LogP contribution in [0.25, 0.3) is 0 Å². The van der Waals surface area contributed by atoms with Gasteiger partial charge in [-0.05, 0) is 31.8 Å². The number of hydrogen-bond acceptors (Lipinski definition) is 9. The molecule has 30 heavy (non-hydrogen) atoms. The predicted molar refractivity (Wildman–Crippen MR) is 102 cm³/mol. The number of carbonyl (C=O) groups is 1. The first kappa shape index (κ1) is 21.9. The average Bonchev–Trinajstić information content (AvgIpc) is 3.13. The van der Waals surface area contributed by atoms with Gasteiger partial charge in [0.05, 0.1) is 18.3 Å². The van der Waals surface area contributed by atoms with E-state index >= 15 is 0 Å². The van der Waals surface area contributed by atoms with Gasteiger partial charge in [-0.3, -0.25) is 0 Å². The van der Waals surface area contributed by atoms with E-state index in [0.29, 0.717) is 30.4 Å². The van der Waals surface area contributed by atoms with Crippen molar-refractivity contribution >= 4 is 5.97 Å². The van der Waals surface area contributed by atoms with E-state index < -0.39 is 61.1 Å². The molecule has 4 fully saturated rings. The largest absolute Gasteiger partial charge is 0.458 e. The highest BCUT2D eigenvalue weighted by molar-refractivity contribution is 5.91. The second kappa shape index (κ2) is 7.67. The summed E-state index contributed by atoms with van der Waals surface area (Å²) in [6.45, 7) is 9.20. The first-order valence-electron chi connectivity index (χ1n) is 10.3. The summed E-state index contributed by atoms with van der Waals surface area (Å²) >= 11 is 0. The van der Waals surface area contributed by atoms with Crippen molar-refractivity contribution < 1.29 is 44.5 Å². The lowest BCUT2D eigenvalue weighted by atomic mass is 9.78. The molecule has 9 nitrogen and oxygen atoms in total. The number of aliphatic hydroxyl groups excluding tert-OH is 4. The maximum atomic E-state index is 12.1. The fourth-order valence-electron chi connectivity index (χ4n) is 5.49. The standard InChI is InChI=1S/C21H30O9/c1-8-10-4-5-21(3,27)11-6-12(9(2)14(11)18(10)30-19(8)26)28-20-17(25)16(24)15(23)13(7-22)29-20/h10-18,20,22-25,27H,1-2,4-7H2,3H3/t10-,11-,12+,13+,14-,15+,16-,17+,18+,20+,21+/m0/s1. The number of carbonyl (C=O) groups excluding carboxylic acids is 1. The topological polar surface area (TPSA) is 146 Å². The van der Waals surface area contributed by atoms with Crippen LogP contribution in [0.1, 0.15) is 26.2 Å². The molecule has 0 amide bonds. The van der Waals surface area contributed by atoms with Crippen molar-refractivity contribution in [2.45, 2.75) is 74.7 Å². The highest BCUT2D eigenvalue weighted by Gasteiger charge is 2.58. The monoisotopic (exact) mass is 426 g/mol. The van der Waals surface area contributed by atoms with Crippen LogP contribution in [0, 0.1) is 17.8 Å². The number of fused-ring (bicyclic) bond motifs is 3. The van der Waals surface area contributed by atoms with Crippen molar-refractivity contribution in [3.05, 3.63) is 24.3 Å². The first-order valence-corrected chi connectivity index (χ1v) is 10.3. The Bertz CT molecular complexity index is 732. The fraction of sp³-hybridized carbons (Fsp3) is 0.762. The van der Waals surface area contributed by atoms with Crippen molar-refractivity contribution in [2.75, 3.05) is 6.61 Å². The Morgan fingerprint density at radius 3 is 2.57 bits per heavy atom. The third kappa shape index (κ3) is 3.33. The maximum absolute atomic E-state index is 12.1. The lowest BCUT2D eigenvalue weighted by Gasteiger charge is -2.40. The molecule has 2 saturated carbocycles. The van der Waals surface area contributed by atoms with Crippen LogP contribution in [-0.2, 0) is 19.0 Å². The molecule has 5 N–H and O–H groups in total. The minimum atomic E-state index is -1.55. The molecule has 0 bridgehead atoms. The van der Waals surface area contributed by atoms with Crippen LogP contribution >= 0.6 is 0 Å². The molecule has 2 heterocycles. The van der Waals surface area contributed by atoms with Gasteiger partial charge in [-0.15, -0.1) is 0 Å². The molecule has 0 radical (unpaired) electrons. The van der Waals surface area contributed by atoms with Gasteiger partial charge in [-0.25, -0.2) is 4.79 Å². The van der Waals surface area contributed by atoms with Gasteiger partial charge in [0, 0.05) is 23.3 Å². The molecule has 2 aliphatic heterocycles. The molecule has 0 aromatic heterocycles. The van der Waals surface area contributed by atoms with Crippen molar-refractivity contribution in [3.8, 4) is 0 Å². The smallest absolute Gasteiger partial charge is 0.334 e. The Morgan fingerprint density at radius 1 is 1.20 bits per heavy atom. The fourth-order valence-corrected chi connectivity index (χ4v) is 5.49. The summed E-state index contributed by atoms with van der Waals surface area (Å²) in [4.78, 5) is 12.1. The molecule has 2 saturated heterocycles. The van der Waals surface area contributed by atoms with E-state index in [1.54, 1.807) is 6.92 Å². The first-order chi connectivity index (χ1) is 14.1. The van der Waals surface area contributed by atoms with Crippen LogP contribution in [0.4, 0.5) is 0 Å². The zero-order valence-electron chi connectivity index (χ0n) is 16.9. The summed E-state index contributed by atoms with van der Waals surface area (Å²) < 4.78 is 17.0. The van der Waals surface area contributed by atoms with E-state index in [9.17, 15) is 30.3 Å². The zero-order chi connectivity index (χ0) is 22.0. The molecule has 11 atom stereocenters. The summed E-state index contributed by atoms with van der Waals surface area (Å²) in [5.41, 5.74) is -0.0304. The molecule has 9 heteroatoms. The molecule has 0 unspecified atom stereocenters. The normalized spacial score (nSPS) is 51.3. The van der Waals surface area contributed by atoms with Gasteiger partial charge in [-0.2, -0.15) is 0 Å². The van der Waals surface area contributed by atoms with E-state index in [-0.39, 0.29) is 17.8 Å². The minimum absolute atomic E-state index is 0.207. The maximum Gasteiger partial charge on any atom is 0.334 e. The minimum Gasteiger partial charge on any atom is -0.458 e. The van der Waals surface area contributed by atoms with E-state index in [1.807, 2.05) is 0 Å². The van der Waals surface area contributed by atoms with E-state index in [1.165, 1.54) is 0 Å². The number of hydrogen-bond donors (Lipinski definition) is 5. The van der Waals surface area contributed by atoms with Crippen molar-refractivity contribution in [1.29, 1.82) is 0 Å². The summed E-state index contributed by atoms with van der Waals surface area (Å²) in [7, 11) is 0. The van der Waals surface area contributed by atoms with Crippen LogP contribution in [-0.4, -0.2) is 86.6 Å². The summed E-state index contributed by atoms with van der Waals surface area (Å²) in [5.74, 6) is -1.29. The number of aliphatic hydroxyl groups is 5. The van der Waals surface area contributed by atoms with Gasteiger partial charge < -0.3 is 39.7 Å². The second-order valence-corrected chi connectivity index (χ2v) is 9.16. The lowest BCUT2D eigenvalue weighted by molar-refractivity contribution is -0.308. The molecule has 168 valence electrons. The summed E-state index contributed by atoms with van der Waals surface area (Å²) in [6.07, 6.45) is -6.66. The lowest BCUT2D eigenvalue weighted by Crippen LogP contribution is -2.59. The zero-order valence-corrected chi connectivity index (χ0v) is 16.9. The Morgan fingerprint density at radius 2 is 1.90 bits per heavy atom. The quantitative estimate of drug-likeness (QED) is 0.218. The highest BCUT2D eigenvalue weighted by atomic mass is 16.7. The van der Waals surface area contributed by atoms with Gasteiger partial charge in [0.1, 0.15) is 30.5 Å². The summed E-state index contributed by atoms with van der Waals surface area (Å²) in [5, 5.41) is 50.8. The number of rotatable bonds is 3. The SMILES string of the molecule is C=C1[C@@H]2[C@@H]3OC(=O)C(=C)[C@@H]3CC[C@@](C)(O)[C@H]2C[C@H]1O[C@@H]1O[C@H](CO)[C@@H](O)[C@H](O)[C@H]1O. The van der Waals surface area contributed by atoms with E-state index in [0.717, 1.165) is 0 Å². The van der Waals surface area contributed by atoms with Gasteiger partial charge in [0.15, 0.2) is 6.29 Å². The average molecular weight is 426 g/mol.